The Morgan fingerprint density at radius 2 is 2.20 bits per heavy atom. The number of pyridine rings is 1. The molecule has 0 atom stereocenters. The van der Waals surface area contributed by atoms with E-state index >= 15 is 0 Å². The summed E-state index contributed by atoms with van der Waals surface area (Å²) in [6, 6.07) is 0. The van der Waals surface area contributed by atoms with E-state index < -0.39 is 7.05 Å². The highest BCUT2D eigenvalue weighted by molar-refractivity contribution is 9.10. The molecule has 82 valence electrons. The summed E-state index contributed by atoms with van der Waals surface area (Å²) in [5.41, 5.74) is 2.33. The second-order valence-corrected chi connectivity index (χ2v) is 4.45. The Morgan fingerprint density at radius 1 is 1.53 bits per heavy atom. The van der Waals surface area contributed by atoms with Crippen molar-refractivity contribution < 1.29 is 5.02 Å². The normalized spacial score (nSPS) is 10.8. The molecule has 1 aromatic rings. The van der Waals surface area contributed by atoms with Crippen molar-refractivity contribution in [2.24, 2.45) is 0 Å². The summed E-state index contributed by atoms with van der Waals surface area (Å²) in [6.45, 7) is 7.42. The molecule has 0 aromatic carbocycles. The third-order valence-electron chi connectivity index (χ3n) is 2.57. The highest BCUT2D eigenvalue weighted by Gasteiger charge is 2.15. The van der Waals surface area contributed by atoms with E-state index in [1.165, 1.54) is 5.56 Å². The molecular weight excluding hydrogens is 255 g/mol. The molecule has 1 N–H and O–H groups in total. The highest BCUT2D eigenvalue weighted by Crippen LogP contribution is 2.19. The van der Waals surface area contributed by atoms with Crippen LogP contribution in [0.3, 0.4) is 0 Å². The first-order chi connectivity index (χ1) is 7.06. The van der Waals surface area contributed by atoms with Crippen LogP contribution in [0.1, 0.15) is 18.1 Å². The van der Waals surface area contributed by atoms with Gasteiger partial charge in [-0.1, -0.05) is 6.92 Å². The maximum Gasteiger partial charge on any atom is 0.376 e. The highest BCUT2D eigenvalue weighted by atomic mass is 79.9. The predicted molar refractivity (Wildman–Crippen MR) is 66.6 cm³/mol. The Hall–Kier alpha value is -0.385. The maximum atomic E-state index is 9.53. The van der Waals surface area contributed by atoms with Crippen molar-refractivity contribution in [2.45, 2.75) is 27.2 Å². The molecule has 0 aliphatic carbocycles. The van der Waals surface area contributed by atoms with Gasteiger partial charge in [0.25, 0.3) is 0 Å². The average Bonchev–Trinajstić information content (AvgIpc) is 2.19. The zero-order valence-corrected chi connectivity index (χ0v) is 11.0. The third kappa shape index (κ3) is 3.29. The first-order valence-electron chi connectivity index (χ1n) is 5.07. The zero-order chi connectivity index (χ0) is 11.4. The van der Waals surface area contributed by atoms with Gasteiger partial charge in [0.05, 0.1) is 0 Å². The first kappa shape index (κ1) is 12.7. The van der Waals surface area contributed by atoms with Gasteiger partial charge in [0.1, 0.15) is 0 Å². The second-order valence-electron chi connectivity index (χ2n) is 3.60. The standard InChI is InChI=1S/C10H16BBrN2O/c1-4-14(11(3)15)7-9-5-13-6-10(12)8(9)2/h5-6,15H,4,7H2,1-3H3. The lowest BCUT2D eigenvalue weighted by Gasteiger charge is -2.22. The first-order valence-corrected chi connectivity index (χ1v) is 5.86. The van der Waals surface area contributed by atoms with E-state index in [4.69, 9.17) is 0 Å². The topological polar surface area (TPSA) is 36.4 Å². The van der Waals surface area contributed by atoms with Gasteiger partial charge in [0, 0.05) is 23.4 Å². The second kappa shape index (κ2) is 5.63. The van der Waals surface area contributed by atoms with Crippen LogP contribution >= 0.6 is 15.9 Å². The van der Waals surface area contributed by atoms with E-state index in [1.807, 2.05) is 17.9 Å². The van der Waals surface area contributed by atoms with Crippen LogP contribution in [0, 0.1) is 6.92 Å². The molecule has 0 fully saturated rings. The monoisotopic (exact) mass is 270 g/mol. The van der Waals surface area contributed by atoms with Crippen molar-refractivity contribution in [1.29, 1.82) is 0 Å². The Labute approximate surface area is 99.8 Å². The number of hydrogen-bond donors (Lipinski definition) is 1. The van der Waals surface area contributed by atoms with Gasteiger partial charge in [-0.2, -0.15) is 0 Å². The summed E-state index contributed by atoms with van der Waals surface area (Å²) in [7, 11) is -0.423. The molecule has 0 radical (unpaired) electrons. The number of nitrogens with zero attached hydrogens (tertiary/aromatic N) is 2. The van der Waals surface area contributed by atoms with Gasteiger partial charge in [0.2, 0.25) is 0 Å². The molecule has 1 aromatic heterocycles. The third-order valence-corrected chi connectivity index (χ3v) is 3.37. The minimum absolute atomic E-state index is 0.423. The molecule has 15 heavy (non-hydrogen) atoms. The van der Waals surface area contributed by atoms with Crippen LogP contribution in [-0.4, -0.2) is 28.4 Å². The molecule has 0 amide bonds. The summed E-state index contributed by atoms with van der Waals surface area (Å²) in [6.07, 6.45) is 3.64. The van der Waals surface area contributed by atoms with Gasteiger partial charge in [-0.05, 0) is 47.3 Å². The summed E-state index contributed by atoms with van der Waals surface area (Å²) in [5, 5.41) is 9.53. The van der Waals surface area contributed by atoms with Crippen molar-refractivity contribution in [3.63, 3.8) is 0 Å². The van der Waals surface area contributed by atoms with Crippen LogP contribution < -0.4 is 0 Å². The van der Waals surface area contributed by atoms with Crippen LogP contribution in [-0.2, 0) is 6.54 Å². The summed E-state index contributed by atoms with van der Waals surface area (Å²) < 4.78 is 1.02. The molecule has 3 nitrogen and oxygen atoms in total. The minimum Gasteiger partial charge on any atom is -0.437 e. The van der Waals surface area contributed by atoms with Crippen molar-refractivity contribution in [2.75, 3.05) is 6.54 Å². The van der Waals surface area contributed by atoms with Crippen molar-refractivity contribution in [3.8, 4) is 0 Å². The molecule has 1 rings (SSSR count). The largest absolute Gasteiger partial charge is 0.437 e. The number of hydrogen-bond acceptors (Lipinski definition) is 3. The number of rotatable bonds is 4. The lowest BCUT2D eigenvalue weighted by molar-refractivity contribution is 0.373. The Kier molecular flexibility index (Phi) is 4.76. The smallest absolute Gasteiger partial charge is 0.376 e. The zero-order valence-electron chi connectivity index (χ0n) is 9.37. The van der Waals surface area contributed by atoms with Crippen LogP contribution in [0.5, 0.6) is 0 Å². The van der Waals surface area contributed by atoms with Crippen LogP contribution in [0.15, 0.2) is 16.9 Å². The molecule has 0 saturated heterocycles. The fourth-order valence-electron chi connectivity index (χ4n) is 1.43. The number of aromatic nitrogens is 1. The molecule has 0 saturated carbocycles. The summed E-state index contributed by atoms with van der Waals surface area (Å²) in [5.74, 6) is 0. The van der Waals surface area contributed by atoms with Crippen LogP contribution in [0.25, 0.3) is 0 Å². The molecule has 1 heterocycles. The maximum absolute atomic E-state index is 9.53. The number of halogens is 1. The lowest BCUT2D eigenvalue weighted by Crippen LogP contribution is -2.36. The fourth-order valence-corrected chi connectivity index (χ4v) is 1.80. The van der Waals surface area contributed by atoms with Crippen LogP contribution in [0.4, 0.5) is 0 Å². The minimum atomic E-state index is -0.423. The molecule has 5 heteroatoms. The Balaban J connectivity index is 2.84. The quantitative estimate of drug-likeness (QED) is 0.852. The van der Waals surface area contributed by atoms with Crippen LogP contribution in [0.2, 0.25) is 6.82 Å². The van der Waals surface area contributed by atoms with E-state index in [9.17, 15) is 5.02 Å². The van der Waals surface area contributed by atoms with Gasteiger partial charge in [-0.3, -0.25) is 4.98 Å². The lowest BCUT2D eigenvalue weighted by atomic mass is 9.84. The molecule has 0 unspecified atom stereocenters. The summed E-state index contributed by atoms with van der Waals surface area (Å²) in [4.78, 5) is 6.12. The van der Waals surface area contributed by atoms with E-state index in [0.717, 1.165) is 23.1 Å². The predicted octanol–water partition coefficient (Wildman–Crippen LogP) is 2.08. The molecule has 0 spiro atoms. The Bertz CT molecular complexity index is 333. The molecule has 0 aliphatic heterocycles. The van der Waals surface area contributed by atoms with Gasteiger partial charge >= 0.3 is 7.05 Å². The molecule has 0 aliphatic rings. The molecule has 0 bridgehead atoms. The van der Waals surface area contributed by atoms with Crippen molar-refractivity contribution >= 4 is 23.0 Å². The van der Waals surface area contributed by atoms with E-state index in [2.05, 4.69) is 27.8 Å². The van der Waals surface area contributed by atoms with Gasteiger partial charge in [-0.15, -0.1) is 0 Å². The van der Waals surface area contributed by atoms with E-state index in [1.54, 1.807) is 13.0 Å². The van der Waals surface area contributed by atoms with E-state index in [0.29, 0.717) is 0 Å². The van der Waals surface area contributed by atoms with E-state index in [-0.39, 0.29) is 0 Å². The van der Waals surface area contributed by atoms with Gasteiger partial charge in [0.15, 0.2) is 0 Å². The van der Waals surface area contributed by atoms with Crippen molar-refractivity contribution in [3.05, 3.63) is 28.0 Å². The van der Waals surface area contributed by atoms with Gasteiger partial charge < -0.3 is 9.83 Å². The summed E-state index contributed by atoms with van der Waals surface area (Å²) >= 11 is 3.45. The Morgan fingerprint density at radius 3 is 2.73 bits per heavy atom. The average molecular weight is 271 g/mol. The van der Waals surface area contributed by atoms with Crippen molar-refractivity contribution in [1.82, 2.24) is 9.79 Å². The SMILES string of the molecule is CCN(Cc1cncc(Br)c1C)B(C)O. The fraction of sp³-hybridized carbons (Fsp3) is 0.500. The van der Waals surface area contributed by atoms with Gasteiger partial charge in [-0.25, -0.2) is 0 Å². The molecular formula is C10H16BBrN2O.